The monoisotopic (exact) mass is 422 g/mol. The second kappa shape index (κ2) is 11.3. The van der Waals surface area contributed by atoms with Gasteiger partial charge in [0.1, 0.15) is 24.2 Å². The van der Waals surface area contributed by atoms with Crippen LogP contribution in [0.4, 0.5) is 0 Å². The fourth-order valence-electron chi connectivity index (χ4n) is 3.77. The molecule has 0 aromatic carbocycles. The van der Waals surface area contributed by atoms with Crippen molar-refractivity contribution in [2.24, 2.45) is 31.8 Å². The molecule has 0 unspecified atom stereocenters. The smallest absolute Gasteiger partial charge is 0.209 e. The summed E-state index contributed by atoms with van der Waals surface area (Å²) in [5.74, 6) is 3.35. The molecule has 8 heteroatoms. The fraction of sp³-hybridized carbons (Fsp3) is 0.818. The third kappa shape index (κ3) is 5.73. The van der Waals surface area contributed by atoms with E-state index in [0.29, 0.717) is 35.4 Å². The van der Waals surface area contributed by atoms with E-state index in [1.165, 1.54) is 0 Å². The predicted molar refractivity (Wildman–Crippen MR) is 121 cm³/mol. The quantitative estimate of drug-likeness (QED) is 0.587. The summed E-state index contributed by atoms with van der Waals surface area (Å²) < 4.78 is 22.1. The van der Waals surface area contributed by atoms with Gasteiger partial charge in [-0.05, 0) is 24.7 Å². The first-order valence-corrected chi connectivity index (χ1v) is 10.8. The van der Waals surface area contributed by atoms with Crippen LogP contribution in [0.5, 0.6) is 0 Å². The van der Waals surface area contributed by atoms with Gasteiger partial charge in [-0.2, -0.15) is 0 Å². The highest BCUT2D eigenvalue weighted by atomic mass is 16.5. The van der Waals surface area contributed by atoms with Crippen molar-refractivity contribution in [2.45, 2.75) is 77.5 Å². The van der Waals surface area contributed by atoms with Crippen LogP contribution in [0, 0.1) is 11.8 Å². The topological polar surface area (TPSA) is 86.4 Å². The van der Waals surface area contributed by atoms with Gasteiger partial charge in [-0.3, -0.25) is 0 Å². The zero-order valence-corrected chi connectivity index (χ0v) is 19.7. The van der Waals surface area contributed by atoms with E-state index in [-0.39, 0.29) is 24.2 Å². The molecule has 0 aliphatic carbocycles. The molecule has 0 amide bonds. The maximum Gasteiger partial charge on any atom is 0.209 e. The van der Waals surface area contributed by atoms with Gasteiger partial charge in [0, 0.05) is 0 Å². The molecule has 30 heavy (non-hydrogen) atoms. The summed E-state index contributed by atoms with van der Waals surface area (Å²) in [4.78, 5) is 19.0. The number of hydrogen-bond donors (Lipinski definition) is 0. The number of methoxy groups -OCH3 is 4. The molecular weight excluding hydrogens is 384 g/mol. The van der Waals surface area contributed by atoms with Gasteiger partial charge in [-0.1, -0.05) is 40.5 Å². The number of ether oxygens (including phenoxy) is 4. The van der Waals surface area contributed by atoms with Crippen molar-refractivity contribution in [3.63, 3.8) is 0 Å². The summed E-state index contributed by atoms with van der Waals surface area (Å²) in [6.07, 6.45) is 3.59. The molecule has 0 N–H and O–H groups in total. The lowest BCUT2D eigenvalue weighted by Gasteiger charge is -2.28. The van der Waals surface area contributed by atoms with Crippen LogP contribution in [0.1, 0.15) is 53.4 Å². The van der Waals surface area contributed by atoms with Crippen LogP contribution < -0.4 is 0 Å². The molecule has 2 heterocycles. The minimum atomic E-state index is -0.106. The molecule has 2 aliphatic rings. The van der Waals surface area contributed by atoms with Crippen LogP contribution in [0.2, 0.25) is 0 Å². The molecule has 4 atom stereocenters. The molecule has 2 aliphatic heterocycles. The van der Waals surface area contributed by atoms with Crippen molar-refractivity contribution in [3.05, 3.63) is 0 Å². The number of hydrogen-bond acceptors (Lipinski definition) is 8. The highest BCUT2D eigenvalue weighted by molar-refractivity contribution is 5.94. The van der Waals surface area contributed by atoms with Gasteiger partial charge in [0.05, 0.1) is 28.4 Å². The summed E-state index contributed by atoms with van der Waals surface area (Å²) in [6, 6.07) is -0.380. The average Bonchev–Trinajstić information content (AvgIpc) is 2.75. The van der Waals surface area contributed by atoms with Gasteiger partial charge >= 0.3 is 0 Å². The summed E-state index contributed by atoms with van der Waals surface area (Å²) in [7, 11) is 6.63. The third-order valence-electron chi connectivity index (χ3n) is 5.48. The van der Waals surface area contributed by atoms with Gasteiger partial charge in [0.15, 0.2) is 0 Å². The lowest BCUT2D eigenvalue weighted by Crippen LogP contribution is -2.38. The first kappa shape index (κ1) is 24.2. The van der Waals surface area contributed by atoms with Gasteiger partial charge in [0.25, 0.3) is 0 Å². The van der Waals surface area contributed by atoms with Gasteiger partial charge in [-0.25, -0.2) is 20.0 Å². The third-order valence-corrected chi connectivity index (χ3v) is 5.48. The van der Waals surface area contributed by atoms with Crippen molar-refractivity contribution in [2.75, 3.05) is 28.4 Å². The number of unbranched alkanes of at least 4 members (excludes halogenated alkanes) is 1. The zero-order chi connectivity index (χ0) is 22.3. The summed E-state index contributed by atoms with van der Waals surface area (Å²) in [5.41, 5.74) is 0. The van der Waals surface area contributed by atoms with Crippen LogP contribution in [0.25, 0.3) is 0 Å². The van der Waals surface area contributed by atoms with E-state index in [1.54, 1.807) is 28.4 Å². The second-order valence-corrected chi connectivity index (χ2v) is 8.38. The molecule has 0 radical (unpaired) electrons. The fourth-order valence-corrected chi connectivity index (χ4v) is 3.77. The van der Waals surface area contributed by atoms with Crippen LogP contribution in [-0.4, -0.2) is 76.2 Å². The van der Waals surface area contributed by atoms with Crippen molar-refractivity contribution in [1.82, 2.24) is 0 Å². The Bertz CT molecular complexity index is 627. The Morgan fingerprint density at radius 2 is 0.900 bits per heavy atom. The highest BCUT2D eigenvalue weighted by Crippen LogP contribution is 2.23. The Balaban J connectivity index is 1.96. The summed E-state index contributed by atoms with van der Waals surface area (Å²) >= 11 is 0. The van der Waals surface area contributed by atoms with E-state index >= 15 is 0 Å². The maximum atomic E-state index is 5.53. The molecule has 0 bridgehead atoms. The normalized spacial score (nSPS) is 26.6. The van der Waals surface area contributed by atoms with Gasteiger partial charge in [0.2, 0.25) is 23.6 Å². The van der Waals surface area contributed by atoms with Crippen LogP contribution in [-0.2, 0) is 18.9 Å². The molecule has 0 aromatic heterocycles. The number of aliphatic imine (C=N–C) groups is 4. The Morgan fingerprint density at radius 1 is 0.567 bits per heavy atom. The van der Waals surface area contributed by atoms with Crippen molar-refractivity contribution >= 4 is 23.6 Å². The molecule has 0 saturated heterocycles. The Morgan fingerprint density at radius 3 is 1.17 bits per heavy atom. The molecule has 0 saturated carbocycles. The largest absolute Gasteiger partial charge is 0.483 e. The molecule has 0 fully saturated rings. The molecule has 8 nitrogen and oxygen atoms in total. The molecule has 170 valence electrons. The summed E-state index contributed by atoms with van der Waals surface area (Å²) in [6.45, 7) is 8.42. The number of rotatable bonds is 7. The van der Waals surface area contributed by atoms with Gasteiger partial charge in [-0.15, -0.1) is 0 Å². The predicted octanol–water partition coefficient (Wildman–Crippen LogP) is 3.54. The number of nitrogens with zero attached hydrogens (tertiary/aromatic N) is 4. The van der Waals surface area contributed by atoms with E-state index in [9.17, 15) is 0 Å². The minimum Gasteiger partial charge on any atom is -0.483 e. The molecular formula is C22H38N4O4. The van der Waals surface area contributed by atoms with Crippen LogP contribution in [0.15, 0.2) is 20.0 Å². The molecule has 2 rings (SSSR count). The van der Waals surface area contributed by atoms with E-state index in [2.05, 4.69) is 27.7 Å². The Labute approximate surface area is 180 Å². The first-order valence-electron chi connectivity index (χ1n) is 10.8. The lowest BCUT2D eigenvalue weighted by atomic mass is 9.99. The maximum absolute atomic E-state index is 5.53. The SMILES string of the molecule is COC1=N[C@H](C(C)C)C(OC)=N[C@H]1CCCC[C@@H]1N=C(OC)[C@@H](C(C)C)N=C1OC. The van der Waals surface area contributed by atoms with E-state index in [1.807, 2.05) is 0 Å². The Kier molecular flexibility index (Phi) is 9.11. The van der Waals surface area contributed by atoms with E-state index < -0.39 is 0 Å². The van der Waals surface area contributed by atoms with Crippen molar-refractivity contribution in [1.29, 1.82) is 0 Å². The van der Waals surface area contributed by atoms with Crippen LogP contribution >= 0.6 is 0 Å². The molecule has 0 aromatic rings. The average molecular weight is 423 g/mol. The molecule has 0 spiro atoms. The van der Waals surface area contributed by atoms with Crippen molar-refractivity contribution < 1.29 is 18.9 Å². The van der Waals surface area contributed by atoms with E-state index in [4.69, 9.17) is 38.9 Å². The van der Waals surface area contributed by atoms with Crippen LogP contribution in [0.3, 0.4) is 0 Å². The van der Waals surface area contributed by atoms with E-state index in [0.717, 1.165) is 25.7 Å². The standard InChI is InChI=1S/C22H38N4O4/c1-13(2)17-21(29-7)23-15(19(25-17)27-5)11-9-10-12-16-20(28-6)26-18(14(3)4)22(24-16)30-8/h13-18H,9-12H2,1-8H3/t15-,16-,17+,18+/m0/s1. The Hall–Kier alpha value is -2.12. The second-order valence-electron chi connectivity index (χ2n) is 8.38. The minimum absolute atomic E-state index is 0.0837. The first-order chi connectivity index (χ1) is 14.4. The van der Waals surface area contributed by atoms with Gasteiger partial charge < -0.3 is 18.9 Å². The van der Waals surface area contributed by atoms with Crippen molar-refractivity contribution in [3.8, 4) is 0 Å². The lowest BCUT2D eigenvalue weighted by molar-refractivity contribution is 0.325. The zero-order valence-electron chi connectivity index (χ0n) is 19.7. The highest BCUT2D eigenvalue weighted by Gasteiger charge is 2.32. The summed E-state index contributed by atoms with van der Waals surface area (Å²) in [5, 5.41) is 0.